The van der Waals surface area contributed by atoms with Gasteiger partial charge < -0.3 is 5.32 Å². The summed E-state index contributed by atoms with van der Waals surface area (Å²) in [6.45, 7) is 7.51. The second-order valence-corrected chi connectivity index (χ2v) is 8.06. The average molecular weight is 362 g/mol. The molecule has 1 aromatic carbocycles. The molecule has 1 aliphatic heterocycles. The summed E-state index contributed by atoms with van der Waals surface area (Å²) >= 11 is 0. The maximum Gasteiger partial charge on any atom is 0.234 e. The van der Waals surface area contributed by atoms with Gasteiger partial charge in [0.05, 0.1) is 6.54 Å². The van der Waals surface area contributed by atoms with Gasteiger partial charge in [0.15, 0.2) is 0 Å². The molecule has 5 heteroatoms. The minimum Gasteiger partial charge on any atom is -0.352 e. The third kappa shape index (κ3) is 6.06. The van der Waals surface area contributed by atoms with E-state index in [2.05, 4.69) is 22.0 Å². The highest BCUT2D eigenvalue weighted by molar-refractivity contribution is 5.78. The Morgan fingerprint density at radius 1 is 1.04 bits per heavy atom. The molecule has 1 N–H and O–H groups in total. The molecule has 0 aromatic heterocycles. The Balaban J connectivity index is 1.40. The predicted molar refractivity (Wildman–Crippen MR) is 102 cm³/mol. The van der Waals surface area contributed by atoms with Gasteiger partial charge in [0.2, 0.25) is 5.91 Å². The molecule has 0 radical (unpaired) electrons. The molecule has 1 aromatic rings. The molecule has 1 heterocycles. The normalized spacial score (nSPS) is 25.6. The van der Waals surface area contributed by atoms with Gasteiger partial charge >= 0.3 is 0 Å². The van der Waals surface area contributed by atoms with Gasteiger partial charge in [-0.05, 0) is 68.8 Å². The number of hydrogen-bond acceptors (Lipinski definition) is 3. The minimum atomic E-state index is -0.186. The van der Waals surface area contributed by atoms with Crippen LogP contribution in [0.1, 0.15) is 44.6 Å². The first kappa shape index (κ1) is 19.3. The lowest BCUT2D eigenvalue weighted by Gasteiger charge is -2.28. The number of hydrogen-bond donors (Lipinski definition) is 1. The van der Waals surface area contributed by atoms with Crippen molar-refractivity contribution < 1.29 is 9.18 Å². The van der Waals surface area contributed by atoms with Gasteiger partial charge in [0.1, 0.15) is 5.82 Å². The Hall–Kier alpha value is -1.46. The number of carbonyl (C=O) groups excluding carboxylic acids is 1. The molecule has 0 atom stereocenters. The Morgan fingerprint density at radius 2 is 1.69 bits per heavy atom. The topological polar surface area (TPSA) is 35.6 Å². The molecular formula is C21H32FN3O. The summed E-state index contributed by atoms with van der Waals surface area (Å²) in [5.74, 6) is 0.798. The molecule has 0 bridgehead atoms. The number of rotatable bonds is 5. The summed E-state index contributed by atoms with van der Waals surface area (Å²) in [5, 5.41) is 3.23. The van der Waals surface area contributed by atoms with Crippen molar-refractivity contribution in [2.75, 3.05) is 32.7 Å². The van der Waals surface area contributed by atoms with Crippen molar-refractivity contribution in [3.63, 3.8) is 0 Å². The lowest BCUT2D eigenvalue weighted by molar-refractivity contribution is -0.123. The van der Waals surface area contributed by atoms with Gasteiger partial charge in [-0.15, -0.1) is 0 Å². The highest BCUT2D eigenvalue weighted by Crippen LogP contribution is 2.23. The maximum absolute atomic E-state index is 13.0. The fourth-order valence-corrected chi connectivity index (χ4v) is 4.07. The third-order valence-electron chi connectivity index (χ3n) is 5.75. The van der Waals surface area contributed by atoms with Gasteiger partial charge in [-0.2, -0.15) is 0 Å². The molecule has 1 aliphatic carbocycles. The van der Waals surface area contributed by atoms with Gasteiger partial charge in [0, 0.05) is 25.7 Å². The Kier molecular flexibility index (Phi) is 7.03. The molecule has 4 nitrogen and oxygen atoms in total. The van der Waals surface area contributed by atoms with Gasteiger partial charge in [0.25, 0.3) is 0 Å². The quantitative estimate of drug-likeness (QED) is 0.876. The van der Waals surface area contributed by atoms with Crippen LogP contribution in [0.2, 0.25) is 0 Å². The number of nitrogens with one attached hydrogen (secondary N) is 1. The minimum absolute atomic E-state index is 0.177. The number of carbonyl (C=O) groups is 1. The Morgan fingerprint density at radius 3 is 2.42 bits per heavy atom. The van der Waals surface area contributed by atoms with E-state index in [-0.39, 0.29) is 11.7 Å². The summed E-state index contributed by atoms with van der Waals surface area (Å²) in [6, 6.07) is 7.14. The van der Waals surface area contributed by atoms with Crippen molar-refractivity contribution in [2.24, 2.45) is 5.92 Å². The molecule has 2 fully saturated rings. The zero-order valence-electron chi connectivity index (χ0n) is 15.9. The molecule has 26 heavy (non-hydrogen) atoms. The second-order valence-electron chi connectivity index (χ2n) is 8.06. The van der Waals surface area contributed by atoms with E-state index < -0.39 is 0 Å². The monoisotopic (exact) mass is 361 g/mol. The molecule has 0 spiro atoms. The lowest BCUT2D eigenvalue weighted by atomic mass is 9.87. The molecule has 2 aliphatic rings. The van der Waals surface area contributed by atoms with Gasteiger partial charge in [-0.25, -0.2) is 4.39 Å². The highest BCUT2D eigenvalue weighted by atomic mass is 19.1. The van der Waals surface area contributed by atoms with Gasteiger partial charge in [-0.3, -0.25) is 14.6 Å². The van der Waals surface area contributed by atoms with Crippen LogP contribution in [0.5, 0.6) is 0 Å². The largest absolute Gasteiger partial charge is 0.352 e. The smallest absolute Gasteiger partial charge is 0.234 e. The summed E-state index contributed by atoms with van der Waals surface area (Å²) in [5.41, 5.74) is 1.14. The zero-order valence-corrected chi connectivity index (χ0v) is 15.9. The summed E-state index contributed by atoms with van der Waals surface area (Å²) in [6.07, 6.45) is 5.77. The van der Waals surface area contributed by atoms with Crippen LogP contribution in [0.3, 0.4) is 0 Å². The first-order valence-electron chi connectivity index (χ1n) is 10.1. The van der Waals surface area contributed by atoms with E-state index in [9.17, 15) is 9.18 Å². The van der Waals surface area contributed by atoms with Crippen LogP contribution in [0.4, 0.5) is 4.39 Å². The SMILES string of the molecule is CC1CCC(NC(=O)CN2CCCN(Cc3ccc(F)cc3)CC2)CC1. The van der Waals surface area contributed by atoms with Crippen molar-refractivity contribution in [1.29, 1.82) is 0 Å². The summed E-state index contributed by atoms with van der Waals surface area (Å²) in [4.78, 5) is 17.0. The standard InChI is InChI=1S/C21H32FN3O/c1-17-3-9-20(10-4-17)23-21(26)16-25-12-2-11-24(13-14-25)15-18-5-7-19(22)8-6-18/h5-8,17,20H,2-4,9-16H2,1H3,(H,23,26). The van der Waals surface area contributed by atoms with Crippen LogP contribution < -0.4 is 5.32 Å². The maximum atomic E-state index is 13.0. The predicted octanol–water partition coefficient (Wildman–Crippen LogP) is 3.03. The van der Waals surface area contributed by atoms with Crippen LogP contribution in [-0.2, 0) is 11.3 Å². The summed E-state index contributed by atoms with van der Waals surface area (Å²) < 4.78 is 13.0. The number of nitrogens with zero attached hydrogens (tertiary/aromatic N) is 2. The van der Waals surface area contributed by atoms with E-state index in [0.29, 0.717) is 12.6 Å². The van der Waals surface area contributed by atoms with E-state index >= 15 is 0 Å². The second kappa shape index (κ2) is 9.47. The molecule has 3 rings (SSSR count). The first-order valence-corrected chi connectivity index (χ1v) is 10.1. The fourth-order valence-electron chi connectivity index (χ4n) is 4.07. The van der Waals surface area contributed by atoms with Crippen LogP contribution in [0.15, 0.2) is 24.3 Å². The van der Waals surface area contributed by atoms with Gasteiger partial charge in [-0.1, -0.05) is 19.1 Å². The average Bonchev–Trinajstić information content (AvgIpc) is 2.84. The lowest BCUT2D eigenvalue weighted by Crippen LogP contribution is -2.44. The fraction of sp³-hybridized carbons (Fsp3) is 0.667. The van der Waals surface area contributed by atoms with Crippen LogP contribution in [-0.4, -0.2) is 54.5 Å². The van der Waals surface area contributed by atoms with E-state index in [1.807, 2.05) is 12.1 Å². The van der Waals surface area contributed by atoms with Crippen LogP contribution in [0, 0.1) is 11.7 Å². The number of halogens is 1. The molecular weight excluding hydrogens is 329 g/mol. The van der Waals surface area contributed by atoms with Crippen molar-refractivity contribution >= 4 is 5.91 Å². The zero-order chi connectivity index (χ0) is 18.4. The molecule has 0 unspecified atom stereocenters. The number of amides is 1. The van der Waals surface area contributed by atoms with Crippen molar-refractivity contribution in [1.82, 2.24) is 15.1 Å². The highest BCUT2D eigenvalue weighted by Gasteiger charge is 2.22. The molecule has 1 saturated carbocycles. The summed E-state index contributed by atoms with van der Waals surface area (Å²) in [7, 11) is 0. The Bertz CT molecular complexity index is 569. The molecule has 1 amide bonds. The van der Waals surface area contributed by atoms with Crippen molar-refractivity contribution in [3.05, 3.63) is 35.6 Å². The van der Waals surface area contributed by atoms with Crippen LogP contribution in [0.25, 0.3) is 0 Å². The van der Waals surface area contributed by atoms with Crippen LogP contribution >= 0.6 is 0 Å². The first-order chi connectivity index (χ1) is 12.6. The molecule has 1 saturated heterocycles. The molecule has 144 valence electrons. The number of benzene rings is 1. The Labute approximate surface area is 156 Å². The van der Waals surface area contributed by atoms with E-state index in [0.717, 1.165) is 63.5 Å². The van der Waals surface area contributed by atoms with E-state index in [1.165, 1.54) is 25.0 Å². The third-order valence-corrected chi connectivity index (χ3v) is 5.75. The van der Waals surface area contributed by atoms with Crippen molar-refractivity contribution in [3.8, 4) is 0 Å². The van der Waals surface area contributed by atoms with Crippen molar-refractivity contribution in [2.45, 2.75) is 51.6 Å². The van der Waals surface area contributed by atoms with E-state index in [1.54, 1.807) is 0 Å². The van der Waals surface area contributed by atoms with E-state index in [4.69, 9.17) is 0 Å².